The quantitative estimate of drug-likeness (QED) is 0.595. The molecule has 19 heavy (non-hydrogen) atoms. The Kier molecular flexibility index (Phi) is 5.60. The van der Waals surface area contributed by atoms with E-state index in [4.69, 9.17) is 9.47 Å². The molecular weight excluding hydrogens is 246 g/mol. The number of carbonyl (C=O) groups is 1. The van der Waals surface area contributed by atoms with Crippen LogP contribution >= 0.6 is 0 Å². The molecule has 0 aromatic heterocycles. The number of amides is 1. The number of hydrogen-bond donors (Lipinski definition) is 1. The van der Waals surface area contributed by atoms with Gasteiger partial charge in [-0.1, -0.05) is 0 Å². The first-order valence-corrected chi connectivity index (χ1v) is 7.01. The van der Waals surface area contributed by atoms with E-state index in [9.17, 15) is 4.79 Å². The zero-order chi connectivity index (χ0) is 13.5. The molecule has 2 heterocycles. The number of piperidine rings is 1. The van der Waals surface area contributed by atoms with Crippen LogP contribution in [0, 0.1) is 5.92 Å². The maximum atomic E-state index is 11.7. The largest absolute Gasteiger partial charge is 0.448 e. The lowest BCUT2D eigenvalue weighted by Crippen LogP contribution is -2.39. The summed E-state index contributed by atoms with van der Waals surface area (Å²) in [4.78, 5) is 17.7. The highest BCUT2D eigenvalue weighted by molar-refractivity contribution is 5.90. The second-order valence-electron chi connectivity index (χ2n) is 5.03. The first-order chi connectivity index (χ1) is 9.25. The Morgan fingerprint density at radius 3 is 2.74 bits per heavy atom. The van der Waals surface area contributed by atoms with Crippen LogP contribution in [-0.2, 0) is 9.47 Å². The number of hydrogen-bond acceptors (Lipinski definition) is 4. The third-order valence-electron chi connectivity index (χ3n) is 3.62. The molecule has 0 unspecified atom stereocenters. The van der Waals surface area contributed by atoms with Crippen LogP contribution in [0.2, 0.25) is 0 Å². The van der Waals surface area contributed by atoms with E-state index >= 15 is 0 Å². The molecule has 2 aliphatic heterocycles. The molecule has 2 rings (SSSR count). The van der Waals surface area contributed by atoms with E-state index in [-0.39, 0.29) is 0 Å². The Hall–Kier alpha value is -1.14. The molecule has 0 aromatic carbocycles. The Bertz CT molecular complexity index is 321. The van der Waals surface area contributed by atoms with Crippen molar-refractivity contribution in [2.45, 2.75) is 19.8 Å². The van der Waals surface area contributed by atoms with Crippen molar-refractivity contribution in [3.63, 3.8) is 0 Å². The van der Waals surface area contributed by atoms with Crippen LogP contribution in [0.1, 0.15) is 19.8 Å². The van der Waals surface area contributed by atoms with Gasteiger partial charge in [-0.15, -0.1) is 0 Å². The van der Waals surface area contributed by atoms with E-state index in [1.165, 1.54) is 0 Å². The molecule has 0 aromatic rings. The van der Waals surface area contributed by atoms with Crippen LogP contribution in [0.4, 0.5) is 4.79 Å². The van der Waals surface area contributed by atoms with Gasteiger partial charge in [0.05, 0.1) is 19.8 Å². The van der Waals surface area contributed by atoms with Crippen molar-refractivity contribution in [3.05, 3.63) is 0 Å². The van der Waals surface area contributed by atoms with Crippen LogP contribution in [0.15, 0.2) is 4.99 Å². The summed E-state index contributed by atoms with van der Waals surface area (Å²) >= 11 is 0. The summed E-state index contributed by atoms with van der Waals surface area (Å²) in [6.07, 6.45) is 1.67. The van der Waals surface area contributed by atoms with E-state index in [1.54, 1.807) is 0 Å². The van der Waals surface area contributed by atoms with Gasteiger partial charge >= 0.3 is 6.09 Å². The first kappa shape index (κ1) is 14.3. The Morgan fingerprint density at radius 1 is 1.37 bits per heavy atom. The lowest BCUT2D eigenvalue weighted by atomic mass is 9.99. The molecule has 0 spiro atoms. The topological polar surface area (TPSA) is 63.2 Å². The number of carbonyl (C=O) groups excluding carboxylic acids is 1. The Labute approximate surface area is 114 Å². The van der Waals surface area contributed by atoms with Gasteiger partial charge in [0, 0.05) is 13.1 Å². The average Bonchev–Trinajstić information content (AvgIpc) is 2.47. The van der Waals surface area contributed by atoms with Crippen LogP contribution in [0.3, 0.4) is 0 Å². The first-order valence-electron chi connectivity index (χ1n) is 7.01. The number of aliphatic imine (C=N–C) groups is 1. The van der Waals surface area contributed by atoms with E-state index in [0.29, 0.717) is 25.7 Å². The number of rotatable bonds is 2. The average molecular weight is 269 g/mol. The number of amidine groups is 1. The van der Waals surface area contributed by atoms with Crippen molar-refractivity contribution >= 4 is 11.9 Å². The zero-order valence-corrected chi connectivity index (χ0v) is 11.6. The Balaban J connectivity index is 1.72. The SMILES string of the molecule is C/C(=N/C(=O)OCC1CCNCC1)N1CCOCC1. The van der Waals surface area contributed by atoms with Gasteiger partial charge in [-0.05, 0) is 38.8 Å². The summed E-state index contributed by atoms with van der Waals surface area (Å²) in [7, 11) is 0. The van der Waals surface area contributed by atoms with Gasteiger partial charge in [0.1, 0.15) is 5.84 Å². The predicted octanol–water partition coefficient (Wildman–Crippen LogP) is 0.873. The second kappa shape index (κ2) is 7.45. The minimum Gasteiger partial charge on any atom is -0.448 e. The van der Waals surface area contributed by atoms with Gasteiger partial charge in [-0.3, -0.25) is 0 Å². The van der Waals surface area contributed by atoms with E-state index in [0.717, 1.165) is 44.9 Å². The monoisotopic (exact) mass is 269 g/mol. The minimum atomic E-state index is -0.470. The molecule has 0 radical (unpaired) electrons. The third-order valence-corrected chi connectivity index (χ3v) is 3.62. The van der Waals surface area contributed by atoms with Crippen molar-refractivity contribution in [3.8, 4) is 0 Å². The summed E-state index contributed by atoms with van der Waals surface area (Å²) < 4.78 is 10.5. The summed E-state index contributed by atoms with van der Waals surface area (Å²) in [6, 6.07) is 0. The van der Waals surface area contributed by atoms with Crippen molar-refractivity contribution in [1.82, 2.24) is 10.2 Å². The molecule has 2 saturated heterocycles. The van der Waals surface area contributed by atoms with Crippen LogP contribution < -0.4 is 5.32 Å². The maximum absolute atomic E-state index is 11.7. The fraction of sp³-hybridized carbons (Fsp3) is 0.846. The summed E-state index contributed by atoms with van der Waals surface area (Å²) in [5, 5.41) is 3.29. The zero-order valence-electron chi connectivity index (χ0n) is 11.6. The molecule has 0 aliphatic carbocycles. The summed E-state index contributed by atoms with van der Waals surface area (Å²) in [6.45, 7) is 7.32. The highest BCUT2D eigenvalue weighted by atomic mass is 16.5. The predicted molar refractivity (Wildman–Crippen MR) is 72.4 cm³/mol. The standard InChI is InChI=1S/C13H23N3O3/c1-11(16-6-8-18-9-7-16)15-13(17)19-10-12-2-4-14-5-3-12/h12,14H,2-10H2,1H3/b15-11-. The fourth-order valence-electron chi connectivity index (χ4n) is 2.36. The molecule has 6 nitrogen and oxygen atoms in total. The molecule has 0 atom stereocenters. The fourth-order valence-corrected chi connectivity index (χ4v) is 2.36. The summed E-state index contributed by atoms with van der Waals surface area (Å²) in [5.74, 6) is 1.20. The summed E-state index contributed by atoms with van der Waals surface area (Å²) in [5.41, 5.74) is 0. The smallest absolute Gasteiger partial charge is 0.435 e. The number of morpholine rings is 1. The lowest BCUT2D eigenvalue weighted by Gasteiger charge is -2.28. The van der Waals surface area contributed by atoms with Crippen molar-refractivity contribution in [2.75, 3.05) is 46.0 Å². The molecule has 108 valence electrons. The second-order valence-corrected chi connectivity index (χ2v) is 5.03. The van der Waals surface area contributed by atoms with Gasteiger partial charge in [0.2, 0.25) is 0 Å². The molecule has 0 saturated carbocycles. The highest BCUT2D eigenvalue weighted by Crippen LogP contribution is 2.12. The normalized spacial score (nSPS) is 22.4. The van der Waals surface area contributed by atoms with Crippen molar-refractivity contribution in [1.29, 1.82) is 0 Å². The third kappa shape index (κ3) is 4.80. The van der Waals surface area contributed by atoms with Gasteiger partial charge in [0.25, 0.3) is 0 Å². The molecular formula is C13H23N3O3. The van der Waals surface area contributed by atoms with Gasteiger partial charge in [-0.25, -0.2) is 4.79 Å². The van der Waals surface area contributed by atoms with E-state index < -0.39 is 6.09 Å². The van der Waals surface area contributed by atoms with Crippen LogP contribution in [-0.4, -0.2) is 62.8 Å². The molecule has 1 N–H and O–H groups in total. The van der Waals surface area contributed by atoms with E-state index in [2.05, 4.69) is 15.2 Å². The van der Waals surface area contributed by atoms with Crippen molar-refractivity contribution in [2.24, 2.45) is 10.9 Å². The lowest BCUT2D eigenvalue weighted by molar-refractivity contribution is 0.0674. The highest BCUT2D eigenvalue weighted by Gasteiger charge is 2.16. The molecule has 2 aliphatic rings. The van der Waals surface area contributed by atoms with Gasteiger partial charge in [-0.2, -0.15) is 4.99 Å². The van der Waals surface area contributed by atoms with Crippen molar-refractivity contribution < 1.29 is 14.3 Å². The van der Waals surface area contributed by atoms with Crippen LogP contribution in [0.5, 0.6) is 0 Å². The van der Waals surface area contributed by atoms with E-state index in [1.807, 2.05) is 6.92 Å². The minimum absolute atomic E-state index is 0.470. The van der Waals surface area contributed by atoms with Gasteiger partial charge in [0.15, 0.2) is 0 Å². The number of nitrogens with one attached hydrogen (secondary N) is 1. The maximum Gasteiger partial charge on any atom is 0.435 e. The van der Waals surface area contributed by atoms with Gasteiger partial charge < -0.3 is 19.7 Å². The molecule has 2 fully saturated rings. The molecule has 6 heteroatoms. The number of nitrogens with zero attached hydrogens (tertiary/aromatic N) is 2. The molecule has 0 bridgehead atoms. The number of ether oxygens (including phenoxy) is 2. The van der Waals surface area contributed by atoms with Crippen LogP contribution in [0.25, 0.3) is 0 Å². The molecule has 1 amide bonds. The Morgan fingerprint density at radius 2 is 2.05 bits per heavy atom.